The maximum Gasteiger partial charge on any atom is 0.0429 e. The number of fused-ring (bicyclic) bond motifs is 4. The fourth-order valence-electron chi connectivity index (χ4n) is 4.37. The normalized spacial score (nSPS) is 13.4. The zero-order valence-electron chi connectivity index (χ0n) is 16.4. The van der Waals surface area contributed by atoms with Crippen LogP contribution in [0.3, 0.4) is 0 Å². The highest BCUT2D eigenvalue weighted by molar-refractivity contribution is 7.99. The van der Waals surface area contributed by atoms with Crippen molar-refractivity contribution in [2.24, 2.45) is 0 Å². The Bertz CT molecular complexity index is 1590. The average Bonchev–Trinajstić information content (AvgIpc) is 3.53. The van der Waals surface area contributed by atoms with Crippen LogP contribution in [0.25, 0.3) is 57.2 Å². The molecule has 0 unspecified atom stereocenters. The summed E-state index contributed by atoms with van der Waals surface area (Å²) in [5, 5.41) is 6.23. The number of benzene rings is 3. The van der Waals surface area contributed by atoms with Crippen LogP contribution in [0.1, 0.15) is 5.56 Å². The summed E-state index contributed by atoms with van der Waals surface area (Å²) >= 11 is 7.61. The van der Waals surface area contributed by atoms with Crippen LogP contribution < -0.4 is 0 Å². The third-order valence-electron chi connectivity index (χ3n) is 5.83. The molecule has 4 heteroatoms. The van der Waals surface area contributed by atoms with Gasteiger partial charge in [-0.25, -0.2) is 0 Å². The zero-order chi connectivity index (χ0) is 20.4. The molecule has 4 heterocycles. The molecule has 0 radical (unpaired) electrons. The van der Waals surface area contributed by atoms with Gasteiger partial charge in [-0.2, -0.15) is 0 Å². The lowest BCUT2D eigenvalue weighted by Gasteiger charge is -2.13. The Labute approximate surface area is 196 Å². The van der Waals surface area contributed by atoms with Crippen LogP contribution in [0.15, 0.2) is 83.1 Å². The van der Waals surface area contributed by atoms with E-state index in [4.69, 9.17) is 0 Å². The predicted octanol–water partition coefficient (Wildman–Crippen LogP) is 9.78. The minimum Gasteiger partial charge on any atom is -0.143 e. The number of rotatable bonds is 2. The van der Waals surface area contributed by atoms with Crippen molar-refractivity contribution in [2.45, 2.75) is 4.90 Å². The largest absolute Gasteiger partial charge is 0.143 e. The number of thioether (sulfide) groups is 1. The standard InChI is InChI=1S/C27H16S4/c1-4-16-6-3-10-28-26(16)20(7-1)24-14-18-12-23-19(13-22(18)30-24)15-25(31-23)21-8-2-5-17-9-11-29-27(17)21/h1-9,11-15H,10H2. The van der Waals surface area contributed by atoms with E-state index in [0.717, 1.165) is 5.75 Å². The van der Waals surface area contributed by atoms with Crippen molar-refractivity contribution in [1.82, 2.24) is 0 Å². The molecule has 0 saturated heterocycles. The molecule has 0 bridgehead atoms. The molecule has 0 atom stereocenters. The van der Waals surface area contributed by atoms with Crippen LogP contribution in [-0.4, -0.2) is 5.75 Å². The van der Waals surface area contributed by atoms with Crippen LogP contribution in [0.5, 0.6) is 0 Å². The molecule has 1 aliphatic rings. The molecule has 3 aromatic heterocycles. The fraction of sp³-hybridized carbons (Fsp3) is 0.0370. The average molecular weight is 469 g/mol. The van der Waals surface area contributed by atoms with E-state index in [-0.39, 0.29) is 0 Å². The summed E-state index contributed by atoms with van der Waals surface area (Å²) in [6.07, 6.45) is 4.51. The molecule has 0 spiro atoms. The van der Waals surface area contributed by atoms with Crippen molar-refractivity contribution in [1.29, 1.82) is 0 Å². The Kier molecular flexibility index (Phi) is 4.16. The van der Waals surface area contributed by atoms with Crippen LogP contribution in [0, 0.1) is 0 Å². The second-order valence-electron chi connectivity index (χ2n) is 7.73. The van der Waals surface area contributed by atoms with Gasteiger partial charge >= 0.3 is 0 Å². The van der Waals surface area contributed by atoms with E-state index in [0.29, 0.717) is 0 Å². The van der Waals surface area contributed by atoms with E-state index in [1.165, 1.54) is 61.6 Å². The van der Waals surface area contributed by atoms with Crippen LogP contribution in [0.2, 0.25) is 0 Å². The minimum atomic E-state index is 1.06. The molecule has 3 aromatic carbocycles. The first-order valence-corrected chi connectivity index (χ1v) is 13.7. The van der Waals surface area contributed by atoms with Crippen molar-refractivity contribution in [3.63, 3.8) is 0 Å². The third-order valence-corrected chi connectivity index (χ3v) is 10.2. The number of hydrogen-bond donors (Lipinski definition) is 0. The van der Waals surface area contributed by atoms with Gasteiger partial charge in [-0.1, -0.05) is 48.6 Å². The summed E-state index contributed by atoms with van der Waals surface area (Å²) in [4.78, 5) is 4.15. The van der Waals surface area contributed by atoms with Gasteiger partial charge in [0.25, 0.3) is 0 Å². The van der Waals surface area contributed by atoms with Crippen molar-refractivity contribution >= 4 is 82.1 Å². The first kappa shape index (κ1) is 18.2. The van der Waals surface area contributed by atoms with E-state index in [1.54, 1.807) is 0 Å². The molecular formula is C27H16S4. The highest BCUT2D eigenvalue weighted by Gasteiger charge is 2.15. The highest BCUT2D eigenvalue weighted by Crippen LogP contribution is 2.45. The lowest BCUT2D eigenvalue weighted by molar-refractivity contribution is 1.41. The maximum atomic E-state index is 2.38. The molecule has 0 aliphatic carbocycles. The Balaban J connectivity index is 1.37. The Morgan fingerprint density at radius 2 is 1.42 bits per heavy atom. The van der Waals surface area contributed by atoms with Gasteiger partial charge in [0.1, 0.15) is 0 Å². The van der Waals surface area contributed by atoms with E-state index in [1.807, 2.05) is 45.8 Å². The molecule has 0 saturated carbocycles. The van der Waals surface area contributed by atoms with Gasteiger partial charge in [-0.3, -0.25) is 0 Å². The molecule has 0 nitrogen and oxygen atoms in total. The van der Waals surface area contributed by atoms with Crippen LogP contribution in [-0.2, 0) is 0 Å². The van der Waals surface area contributed by atoms with Crippen molar-refractivity contribution in [3.8, 4) is 20.9 Å². The zero-order valence-corrected chi connectivity index (χ0v) is 19.7. The lowest BCUT2D eigenvalue weighted by Crippen LogP contribution is -1.89. The van der Waals surface area contributed by atoms with Gasteiger partial charge < -0.3 is 0 Å². The summed E-state index contributed by atoms with van der Waals surface area (Å²) in [5.74, 6) is 1.06. The molecule has 148 valence electrons. The SMILES string of the molecule is C1=Cc2cccc(-c3cc4cc5sc(-c6cccc7ccsc67)cc5cc4s3)c2SC1. The first-order valence-electron chi connectivity index (χ1n) is 10.2. The fourth-order valence-corrected chi connectivity index (χ4v) is 8.67. The smallest absolute Gasteiger partial charge is 0.0429 e. The highest BCUT2D eigenvalue weighted by atomic mass is 32.2. The quantitative estimate of drug-likeness (QED) is 0.244. The van der Waals surface area contributed by atoms with Gasteiger partial charge in [-0.15, -0.1) is 45.8 Å². The van der Waals surface area contributed by atoms with Crippen LogP contribution >= 0.6 is 45.8 Å². The van der Waals surface area contributed by atoms with Crippen molar-refractivity contribution < 1.29 is 0 Å². The first-order chi connectivity index (χ1) is 15.3. The summed E-state index contributed by atoms with van der Waals surface area (Å²) in [6.45, 7) is 0. The number of hydrogen-bond acceptors (Lipinski definition) is 4. The Morgan fingerprint density at radius 3 is 2.26 bits per heavy atom. The van der Waals surface area contributed by atoms with Gasteiger partial charge in [0, 0.05) is 45.6 Å². The molecule has 0 amide bonds. The second-order valence-corrected chi connectivity index (χ2v) is 11.8. The second kappa shape index (κ2) is 7.07. The van der Waals surface area contributed by atoms with E-state index in [2.05, 4.69) is 84.3 Å². The number of thiophene rings is 3. The van der Waals surface area contributed by atoms with E-state index >= 15 is 0 Å². The topological polar surface area (TPSA) is 0 Å². The maximum absolute atomic E-state index is 2.38. The van der Waals surface area contributed by atoms with Crippen LogP contribution in [0.4, 0.5) is 0 Å². The van der Waals surface area contributed by atoms with Gasteiger partial charge in [0.2, 0.25) is 0 Å². The molecule has 6 aromatic rings. The Morgan fingerprint density at radius 1 is 0.677 bits per heavy atom. The van der Waals surface area contributed by atoms with E-state index in [9.17, 15) is 0 Å². The molecular weight excluding hydrogens is 453 g/mol. The molecule has 0 fully saturated rings. The lowest BCUT2D eigenvalue weighted by atomic mass is 10.1. The summed E-state index contributed by atoms with van der Waals surface area (Å²) in [7, 11) is 0. The molecule has 0 N–H and O–H groups in total. The van der Waals surface area contributed by atoms with E-state index < -0.39 is 0 Å². The van der Waals surface area contributed by atoms with Crippen molar-refractivity contribution in [2.75, 3.05) is 5.75 Å². The van der Waals surface area contributed by atoms with Crippen molar-refractivity contribution in [3.05, 3.63) is 83.7 Å². The predicted molar refractivity (Wildman–Crippen MR) is 143 cm³/mol. The summed E-state index contributed by atoms with van der Waals surface area (Å²) < 4.78 is 4.13. The van der Waals surface area contributed by atoms with Gasteiger partial charge in [0.05, 0.1) is 0 Å². The van der Waals surface area contributed by atoms with Gasteiger partial charge in [0.15, 0.2) is 0 Å². The minimum absolute atomic E-state index is 1.06. The van der Waals surface area contributed by atoms with Gasteiger partial charge in [-0.05, 0) is 57.4 Å². The Hall–Kier alpha value is -2.37. The molecule has 1 aliphatic heterocycles. The monoisotopic (exact) mass is 468 g/mol. The summed E-state index contributed by atoms with van der Waals surface area (Å²) in [5.41, 5.74) is 4.08. The molecule has 31 heavy (non-hydrogen) atoms. The third kappa shape index (κ3) is 2.94. The molecule has 7 rings (SSSR count). The summed E-state index contributed by atoms with van der Waals surface area (Å²) in [6, 6.07) is 25.1.